The molecule has 0 spiro atoms. The van der Waals surface area contributed by atoms with Crippen LogP contribution in [-0.4, -0.2) is 19.3 Å². The Morgan fingerprint density at radius 1 is 1.43 bits per heavy atom. The van der Waals surface area contributed by atoms with Crippen LogP contribution in [0.25, 0.3) is 16.9 Å². The summed E-state index contributed by atoms with van der Waals surface area (Å²) in [6.45, 7) is 2.03. The zero-order chi connectivity index (χ0) is 15.1. The number of nitrogens with zero attached hydrogens (tertiary/aromatic N) is 5. The molecule has 7 heteroatoms. The molecule has 21 heavy (non-hydrogen) atoms. The number of anilines is 1. The van der Waals surface area contributed by atoms with Crippen LogP contribution in [0.2, 0.25) is 0 Å². The number of nitrogen functional groups attached to an aromatic ring is 1. The molecule has 0 aliphatic heterocycles. The molecule has 0 aliphatic carbocycles. The molecule has 3 aromatic rings. The van der Waals surface area contributed by atoms with Crippen molar-refractivity contribution in [3.8, 4) is 11.8 Å². The number of hydrogen-bond acceptors (Lipinski definition) is 4. The SMILES string of the molecule is CCc1nn(C)c2c1nc(N)n2-c1ccc(Br)cc1C#N. The van der Waals surface area contributed by atoms with E-state index in [0.29, 0.717) is 17.2 Å². The van der Waals surface area contributed by atoms with E-state index in [4.69, 9.17) is 5.73 Å². The lowest BCUT2D eigenvalue weighted by Crippen LogP contribution is -2.06. The number of rotatable bonds is 2. The third-order valence-electron chi connectivity index (χ3n) is 3.38. The predicted molar refractivity (Wildman–Crippen MR) is 84.0 cm³/mol. The molecular formula is C14H13BrN6. The maximum atomic E-state index is 9.36. The lowest BCUT2D eigenvalue weighted by Gasteiger charge is -2.09. The van der Waals surface area contributed by atoms with E-state index in [9.17, 15) is 5.26 Å². The van der Waals surface area contributed by atoms with Gasteiger partial charge in [-0.3, -0.25) is 4.57 Å². The van der Waals surface area contributed by atoms with Gasteiger partial charge in [-0.05, 0) is 24.6 Å². The summed E-state index contributed by atoms with van der Waals surface area (Å²) in [5.41, 5.74) is 9.77. The van der Waals surface area contributed by atoms with Gasteiger partial charge in [0.1, 0.15) is 11.6 Å². The quantitative estimate of drug-likeness (QED) is 0.773. The van der Waals surface area contributed by atoms with Crippen molar-refractivity contribution in [2.24, 2.45) is 7.05 Å². The fourth-order valence-corrected chi connectivity index (χ4v) is 2.83. The number of imidazole rings is 1. The number of benzene rings is 1. The monoisotopic (exact) mass is 344 g/mol. The van der Waals surface area contributed by atoms with Crippen molar-refractivity contribution in [1.82, 2.24) is 19.3 Å². The van der Waals surface area contributed by atoms with Gasteiger partial charge in [0, 0.05) is 11.5 Å². The molecule has 0 amide bonds. The lowest BCUT2D eigenvalue weighted by atomic mass is 10.2. The van der Waals surface area contributed by atoms with E-state index in [1.807, 2.05) is 26.1 Å². The van der Waals surface area contributed by atoms with Crippen LogP contribution in [0.5, 0.6) is 0 Å². The first kappa shape index (κ1) is 13.6. The molecule has 0 saturated heterocycles. The van der Waals surface area contributed by atoms with Gasteiger partial charge in [-0.25, -0.2) is 9.67 Å². The normalized spacial score (nSPS) is 11.0. The maximum absolute atomic E-state index is 9.36. The molecule has 0 saturated carbocycles. The molecule has 6 nitrogen and oxygen atoms in total. The Labute approximate surface area is 129 Å². The summed E-state index contributed by atoms with van der Waals surface area (Å²) >= 11 is 3.37. The number of hydrogen-bond donors (Lipinski definition) is 1. The van der Waals surface area contributed by atoms with E-state index in [2.05, 4.69) is 32.1 Å². The van der Waals surface area contributed by atoms with Crippen LogP contribution in [0.15, 0.2) is 22.7 Å². The molecular weight excluding hydrogens is 332 g/mol. The Balaban J connectivity index is 2.38. The Kier molecular flexibility index (Phi) is 3.18. The summed E-state index contributed by atoms with van der Waals surface area (Å²) in [6.07, 6.45) is 0.777. The Morgan fingerprint density at radius 2 is 2.19 bits per heavy atom. The molecule has 2 aromatic heterocycles. The Hall–Kier alpha value is -2.33. The molecule has 0 unspecified atom stereocenters. The van der Waals surface area contributed by atoms with Crippen LogP contribution in [0, 0.1) is 11.3 Å². The first-order chi connectivity index (χ1) is 10.1. The molecule has 3 rings (SSSR count). The average molecular weight is 345 g/mol. The molecule has 2 N–H and O–H groups in total. The highest BCUT2D eigenvalue weighted by Gasteiger charge is 2.19. The fourth-order valence-electron chi connectivity index (χ4n) is 2.46. The third-order valence-corrected chi connectivity index (χ3v) is 3.88. The molecule has 2 heterocycles. The molecule has 0 aliphatic rings. The van der Waals surface area contributed by atoms with E-state index >= 15 is 0 Å². The number of halogens is 1. The largest absolute Gasteiger partial charge is 0.369 e. The summed E-state index contributed by atoms with van der Waals surface area (Å²) < 4.78 is 4.37. The Morgan fingerprint density at radius 3 is 2.86 bits per heavy atom. The zero-order valence-corrected chi connectivity index (χ0v) is 13.2. The van der Waals surface area contributed by atoms with Gasteiger partial charge < -0.3 is 5.73 Å². The van der Waals surface area contributed by atoms with Crippen molar-refractivity contribution in [2.45, 2.75) is 13.3 Å². The predicted octanol–water partition coefficient (Wildman–Crippen LogP) is 2.54. The molecule has 0 atom stereocenters. The van der Waals surface area contributed by atoms with Crippen molar-refractivity contribution in [1.29, 1.82) is 5.26 Å². The van der Waals surface area contributed by atoms with Gasteiger partial charge in [-0.15, -0.1) is 0 Å². The van der Waals surface area contributed by atoms with E-state index < -0.39 is 0 Å². The minimum atomic E-state index is 0.353. The highest BCUT2D eigenvalue weighted by Crippen LogP contribution is 2.28. The first-order valence-corrected chi connectivity index (χ1v) is 7.26. The van der Waals surface area contributed by atoms with Crippen molar-refractivity contribution >= 4 is 33.0 Å². The first-order valence-electron chi connectivity index (χ1n) is 6.46. The van der Waals surface area contributed by atoms with Gasteiger partial charge in [0.05, 0.1) is 16.9 Å². The van der Waals surface area contributed by atoms with Gasteiger partial charge in [-0.2, -0.15) is 10.4 Å². The smallest absolute Gasteiger partial charge is 0.207 e. The molecule has 1 aromatic carbocycles. The molecule has 106 valence electrons. The number of nitriles is 1. The highest BCUT2D eigenvalue weighted by molar-refractivity contribution is 9.10. The van der Waals surface area contributed by atoms with Gasteiger partial charge >= 0.3 is 0 Å². The van der Waals surface area contributed by atoms with E-state index in [1.165, 1.54) is 0 Å². The van der Waals surface area contributed by atoms with Gasteiger partial charge in [0.2, 0.25) is 5.95 Å². The van der Waals surface area contributed by atoms with Crippen molar-refractivity contribution in [3.05, 3.63) is 33.9 Å². The van der Waals surface area contributed by atoms with Crippen LogP contribution in [0.4, 0.5) is 5.95 Å². The van der Waals surface area contributed by atoms with Crippen molar-refractivity contribution in [2.75, 3.05) is 5.73 Å². The Bertz CT molecular complexity index is 883. The van der Waals surface area contributed by atoms with Crippen LogP contribution in [0.1, 0.15) is 18.2 Å². The van der Waals surface area contributed by atoms with Crippen LogP contribution < -0.4 is 5.73 Å². The molecule has 0 fully saturated rings. The second kappa shape index (κ2) is 4.90. The number of aromatic nitrogens is 4. The average Bonchev–Trinajstić information content (AvgIpc) is 2.96. The second-order valence-electron chi connectivity index (χ2n) is 4.67. The number of fused-ring (bicyclic) bond motifs is 1. The maximum Gasteiger partial charge on any atom is 0.207 e. The minimum Gasteiger partial charge on any atom is -0.369 e. The fraction of sp³-hybridized carbons (Fsp3) is 0.214. The standard InChI is InChI=1S/C14H13BrN6/c1-3-10-12-13(20(2)19-10)21(14(17)18-12)11-5-4-9(15)6-8(11)7-16/h4-6H,3H2,1-2H3,(H2,17,18). The highest BCUT2D eigenvalue weighted by atomic mass is 79.9. The van der Waals surface area contributed by atoms with Crippen molar-refractivity contribution in [3.63, 3.8) is 0 Å². The summed E-state index contributed by atoms with van der Waals surface area (Å²) in [7, 11) is 1.85. The summed E-state index contributed by atoms with van der Waals surface area (Å²) in [4.78, 5) is 4.42. The van der Waals surface area contributed by atoms with E-state index in [0.717, 1.165) is 27.8 Å². The molecule has 0 bridgehead atoms. The summed E-state index contributed by atoms with van der Waals surface area (Å²) in [5, 5.41) is 13.8. The van der Waals surface area contributed by atoms with E-state index in [1.54, 1.807) is 15.3 Å². The number of nitrogens with two attached hydrogens (primary N) is 1. The van der Waals surface area contributed by atoms with Gasteiger partial charge in [0.15, 0.2) is 5.65 Å². The zero-order valence-electron chi connectivity index (χ0n) is 11.6. The van der Waals surface area contributed by atoms with E-state index in [-0.39, 0.29) is 0 Å². The third kappa shape index (κ3) is 1.99. The topological polar surface area (TPSA) is 85.5 Å². The van der Waals surface area contributed by atoms with Gasteiger partial charge in [-0.1, -0.05) is 22.9 Å². The number of aryl methyl sites for hydroxylation is 2. The molecule has 0 radical (unpaired) electrons. The summed E-state index contributed by atoms with van der Waals surface area (Å²) in [5.74, 6) is 0.353. The van der Waals surface area contributed by atoms with Crippen molar-refractivity contribution < 1.29 is 0 Å². The minimum absolute atomic E-state index is 0.353. The van der Waals surface area contributed by atoms with Crippen LogP contribution in [-0.2, 0) is 13.5 Å². The summed E-state index contributed by atoms with van der Waals surface area (Å²) in [6, 6.07) is 7.67. The van der Waals surface area contributed by atoms with Gasteiger partial charge in [0.25, 0.3) is 0 Å². The van der Waals surface area contributed by atoms with Crippen LogP contribution >= 0.6 is 15.9 Å². The van der Waals surface area contributed by atoms with Crippen LogP contribution in [0.3, 0.4) is 0 Å². The second-order valence-corrected chi connectivity index (χ2v) is 5.59. The lowest BCUT2D eigenvalue weighted by molar-refractivity contribution is 0.751.